The lowest BCUT2D eigenvalue weighted by atomic mass is 10.1. The van der Waals surface area contributed by atoms with E-state index in [1.165, 1.54) is 13.1 Å². The highest BCUT2D eigenvalue weighted by Gasteiger charge is 2.30. The van der Waals surface area contributed by atoms with E-state index in [1.807, 2.05) is 30.3 Å². The minimum Gasteiger partial charge on any atom is -0.354 e. The number of aliphatic imine (C=N–C) groups is 1. The van der Waals surface area contributed by atoms with Crippen molar-refractivity contribution < 1.29 is 18.0 Å². The minimum atomic E-state index is -4.38. The summed E-state index contributed by atoms with van der Waals surface area (Å²) in [4.78, 5) is 15.9. The fourth-order valence-corrected chi connectivity index (χ4v) is 2.48. The van der Waals surface area contributed by atoms with Crippen molar-refractivity contribution in [2.75, 3.05) is 20.1 Å². The number of nitrogens with zero attached hydrogens (tertiary/aromatic N) is 1. The van der Waals surface area contributed by atoms with Crippen LogP contribution in [0, 0.1) is 0 Å². The van der Waals surface area contributed by atoms with Gasteiger partial charge >= 0.3 is 6.18 Å². The zero-order valence-electron chi connectivity index (χ0n) is 15.5. The van der Waals surface area contributed by atoms with Crippen molar-refractivity contribution in [1.29, 1.82) is 0 Å². The third kappa shape index (κ3) is 7.30. The first-order valence-corrected chi connectivity index (χ1v) is 8.80. The van der Waals surface area contributed by atoms with Gasteiger partial charge in [-0.15, -0.1) is 0 Å². The van der Waals surface area contributed by atoms with Gasteiger partial charge in [0.2, 0.25) is 5.91 Å². The molecule has 0 spiro atoms. The van der Waals surface area contributed by atoms with E-state index in [9.17, 15) is 18.0 Å². The first-order valence-electron chi connectivity index (χ1n) is 8.80. The first kappa shape index (κ1) is 21.3. The Morgan fingerprint density at radius 1 is 0.964 bits per heavy atom. The van der Waals surface area contributed by atoms with Crippen LogP contribution in [0.4, 0.5) is 13.2 Å². The van der Waals surface area contributed by atoms with Crippen molar-refractivity contribution in [3.8, 4) is 0 Å². The second-order valence-corrected chi connectivity index (χ2v) is 6.06. The van der Waals surface area contributed by atoms with Crippen LogP contribution in [0.1, 0.15) is 16.7 Å². The molecule has 0 aromatic heterocycles. The molecule has 2 rings (SSSR count). The Labute approximate surface area is 162 Å². The molecule has 0 saturated carbocycles. The second kappa shape index (κ2) is 10.3. The molecular formula is C20H23F3N4O. The molecule has 0 aliphatic rings. The molecule has 8 heteroatoms. The van der Waals surface area contributed by atoms with Crippen LogP contribution in [0.25, 0.3) is 0 Å². The largest absolute Gasteiger partial charge is 0.416 e. The van der Waals surface area contributed by atoms with Gasteiger partial charge in [-0.25, -0.2) is 0 Å². The van der Waals surface area contributed by atoms with Crippen LogP contribution in [0.2, 0.25) is 0 Å². The van der Waals surface area contributed by atoms with E-state index in [-0.39, 0.29) is 19.0 Å². The Kier molecular flexibility index (Phi) is 7.86. The average molecular weight is 392 g/mol. The van der Waals surface area contributed by atoms with Gasteiger partial charge in [-0.1, -0.05) is 42.5 Å². The summed E-state index contributed by atoms with van der Waals surface area (Å²) >= 11 is 0. The normalized spacial score (nSPS) is 11.8. The summed E-state index contributed by atoms with van der Waals surface area (Å²) in [5.41, 5.74) is 0.895. The Bertz CT molecular complexity index is 792. The summed E-state index contributed by atoms with van der Waals surface area (Å²) in [5, 5.41) is 8.53. The van der Waals surface area contributed by atoms with Crippen LogP contribution in [-0.2, 0) is 23.9 Å². The SMILES string of the molecule is CN=C(NCC(=O)NCCc1ccccc1)NCc1cccc(C(F)(F)F)c1. The van der Waals surface area contributed by atoms with E-state index in [2.05, 4.69) is 20.9 Å². The van der Waals surface area contributed by atoms with Gasteiger partial charge in [0.1, 0.15) is 0 Å². The smallest absolute Gasteiger partial charge is 0.354 e. The lowest BCUT2D eigenvalue weighted by molar-refractivity contribution is -0.137. The van der Waals surface area contributed by atoms with Gasteiger partial charge in [0.05, 0.1) is 12.1 Å². The molecule has 0 aliphatic carbocycles. The van der Waals surface area contributed by atoms with Crippen LogP contribution in [0.3, 0.4) is 0 Å². The maximum Gasteiger partial charge on any atom is 0.416 e. The van der Waals surface area contributed by atoms with Crippen LogP contribution in [0.15, 0.2) is 59.6 Å². The van der Waals surface area contributed by atoms with Crippen molar-refractivity contribution in [2.24, 2.45) is 4.99 Å². The summed E-state index contributed by atoms with van der Waals surface area (Å²) in [6.07, 6.45) is -3.65. The number of amides is 1. The van der Waals surface area contributed by atoms with Crippen LogP contribution < -0.4 is 16.0 Å². The number of guanidine groups is 1. The monoisotopic (exact) mass is 392 g/mol. The molecule has 0 bridgehead atoms. The first-order chi connectivity index (χ1) is 13.4. The number of carbonyl (C=O) groups is 1. The van der Waals surface area contributed by atoms with Crippen LogP contribution in [-0.4, -0.2) is 32.0 Å². The molecule has 0 heterocycles. The quantitative estimate of drug-likeness (QED) is 0.502. The van der Waals surface area contributed by atoms with E-state index in [1.54, 1.807) is 6.07 Å². The van der Waals surface area contributed by atoms with E-state index >= 15 is 0 Å². The molecule has 3 N–H and O–H groups in total. The van der Waals surface area contributed by atoms with Gasteiger partial charge in [-0.05, 0) is 29.7 Å². The Balaban J connectivity index is 1.73. The third-order valence-corrected chi connectivity index (χ3v) is 3.93. The van der Waals surface area contributed by atoms with Gasteiger partial charge in [0, 0.05) is 20.1 Å². The lowest BCUT2D eigenvalue weighted by Crippen LogP contribution is -2.43. The Morgan fingerprint density at radius 3 is 2.36 bits per heavy atom. The fourth-order valence-electron chi connectivity index (χ4n) is 2.48. The molecule has 0 saturated heterocycles. The van der Waals surface area contributed by atoms with Gasteiger partial charge in [0.25, 0.3) is 0 Å². The second-order valence-electron chi connectivity index (χ2n) is 6.06. The van der Waals surface area contributed by atoms with E-state index < -0.39 is 11.7 Å². The number of nitrogens with one attached hydrogen (secondary N) is 3. The lowest BCUT2D eigenvalue weighted by Gasteiger charge is -2.13. The molecule has 0 aliphatic heterocycles. The molecule has 2 aromatic rings. The number of carbonyl (C=O) groups excluding carboxylic acids is 1. The van der Waals surface area contributed by atoms with E-state index in [4.69, 9.17) is 0 Å². The molecule has 28 heavy (non-hydrogen) atoms. The topological polar surface area (TPSA) is 65.5 Å². The standard InChI is InChI=1S/C20H23F3N4O/c1-24-19(26-13-16-8-5-9-17(12-16)20(21,22)23)27-14-18(28)25-11-10-15-6-3-2-4-7-15/h2-9,12H,10-11,13-14H2,1H3,(H,25,28)(H2,24,26,27). The molecule has 0 radical (unpaired) electrons. The zero-order chi connectivity index (χ0) is 20.4. The maximum atomic E-state index is 12.8. The minimum absolute atomic E-state index is 0.0110. The molecule has 0 fully saturated rings. The predicted octanol–water partition coefficient (Wildman–Crippen LogP) is 2.73. The maximum absolute atomic E-state index is 12.8. The van der Waals surface area contributed by atoms with Crippen LogP contribution >= 0.6 is 0 Å². The molecule has 0 atom stereocenters. The van der Waals surface area contributed by atoms with Gasteiger partial charge < -0.3 is 16.0 Å². The molecule has 0 unspecified atom stereocenters. The van der Waals surface area contributed by atoms with E-state index in [0.717, 1.165) is 24.1 Å². The van der Waals surface area contributed by atoms with Gasteiger partial charge in [-0.3, -0.25) is 9.79 Å². The summed E-state index contributed by atoms with van der Waals surface area (Å²) in [5.74, 6) is 0.133. The molecule has 2 aromatic carbocycles. The molecule has 5 nitrogen and oxygen atoms in total. The van der Waals surface area contributed by atoms with Crippen molar-refractivity contribution in [3.05, 3.63) is 71.3 Å². The van der Waals surface area contributed by atoms with Crippen molar-refractivity contribution in [3.63, 3.8) is 0 Å². The van der Waals surface area contributed by atoms with Crippen molar-refractivity contribution >= 4 is 11.9 Å². The molecule has 1 amide bonds. The summed E-state index contributed by atoms with van der Waals surface area (Å²) in [6.45, 7) is 0.678. The van der Waals surface area contributed by atoms with Crippen LogP contribution in [0.5, 0.6) is 0 Å². The van der Waals surface area contributed by atoms with Crippen molar-refractivity contribution in [1.82, 2.24) is 16.0 Å². The predicted molar refractivity (Wildman–Crippen MR) is 103 cm³/mol. The fraction of sp³-hybridized carbons (Fsp3) is 0.300. The third-order valence-electron chi connectivity index (χ3n) is 3.93. The number of alkyl halides is 3. The summed E-state index contributed by atoms with van der Waals surface area (Å²) < 4.78 is 38.3. The highest BCUT2D eigenvalue weighted by atomic mass is 19.4. The number of halogens is 3. The average Bonchev–Trinajstić information content (AvgIpc) is 2.68. The number of rotatable bonds is 7. The summed E-state index contributed by atoms with van der Waals surface area (Å²) in [6, 6.07) is 14.9. The number of hydrogen-bond acceptors (Lipinski definition) is 2. The highest BCUT2D eigenvalue weighted by molar-refractivity contribution is 5.86. The number of hydrogen-bond donors (Lipinski definition) is 3. The van der Waals surface area contributed by atoms with Gasteiger partial charge in [0.15, 0.2) is 5.96 Å². The summed E-state index contributed by atoms with van der Waals surface area (Å²) in [7, 11) is 1.52. The Hall–Kier alpha value is -3.03. The van der Waals surface area contributed by atoms with E-state index in [0.29, 0.717) is 18.1 Å². The number of benzene rings is 2. The highest BCUT2D eigenvalue weighted by Crippen LogP contribution is 2.29. The van der Waals surface area contributed by atoms with Gasteiger partial charge in [-0.2, -0.15) is 13.2 Å². The zero-order valence-corrected chi connectivity index (χ0v) is 15.5. The van der Waals surface area contributed by atoms with Crippen molar-refractivity contribution in [2.45, 2.75) is 19.1 Å². The molecular weight excluding hydrogens is 369 g/mol. The molecule has 150 valence electrons. The Morgan fingerprint density at radius 2 is 1.68 bits per heavy atom.